The van der Waals surface area contributed by atoms with Gasteiger partial charge in [-0.2, -0.15) is 0 Å². The van der Waals surface area contributed by atoms with Crippen LogP contribution in [0.25, 0.3) is 11.4 Å². The molecule has 0 aliphatic carbocycles. The molecule has 2 heterocycles. The first kappa shape index (κ1) is 22.2. The fraction of sp³-hybridized carbons (Fsp3) is 0.370. The molecule has 1 aromatic heterocycles. The summed E-state index contributed by atoms with van der Waals surface area (Å²) in [7, 11) is 0. The first-order chi connectivity index (χ1) is 15.5. The molecule has 1 N–H and O–H groups in total. The molecule has 4 rings (SSSR count). The number of piperidine rings is 1. The fourth-order valence-corrected chi connectivity index (χ4v) is 4.20. The van der Waals surface area contributed by atoms with Gasteiger partial charge in [-0.3, -0.25) is 9.69 Å². The highest BCUT2D eigenvalue weighted by atomic mass is 16.1. The van der Waals surface area contributed by atoms with Crippen LogP contribution in [-0.4, -0.2) is 33.9 Å². The highest BCUT2D eigenvalue weighted by Gasteiger charge is 2.22. The van der Waals surface area contributed by atoms with Crippen molar-refractivity contribution >= 4 is 11.6 Å². The number of nitrogens with one attached hydrogen (secondary N) is 1. The lowest BCUT2D eigenvalue weighted by atomic mass is 9.89. The summed E-state index contributed by atoms with van der Waals surface area (Å²) in [6.07, 6.45) is 4.21. The maximum atomic E-state index is 12.0. The van der Waals surface area contributed by atoms with Crippen molar-refractivity contribution in [1.82, 2.24) is 14.9 Å². The number of likely N-dealkylation sites (tertiary alicyclic amines) is 1. The van der Waals surface area contributed by atoms with E-state index in [1.807, 2.05) is 62.5 Å². The third-order valence-corrected chi connectivity index (χ3v) is 6.24. The van der Waals surface area contributed by atoms with Gasteiger partial charge in [0, 0.05) is 41.2 Å². The fourth-order valence-electron chi connectivity index (χ4n) is 4.20. The Kier molecular flexibility index (Phi) is 6.96. The zero-order chi connectivity index (χ0) is 22.5. The molecule has 0 unspecified atom stereocenters. The van der Waals surface area contributed by atoms with Crippen LogP contribution < -0.4 is 5.32 Å². The monoisotopic (exact) mass is 428 g/mol. The number of carbonyl (C=O) groups is 1. The molecule has 2 aromatic carbocycles. The van der Waals surface area contributed by atoms with Crippen LogP contribution in [0.2, 0.25) is 0 Å². The molecule has 32 heavy (non-hydrogen) atoms. The Hall–Kier alpha value is -3.05. The molecule has 0 radical (unpaired) electrons. The summed E-state index contributed by atoms with van der Waals surface area (Å²) in [6.45, 7) is 8.89. The van der Waals surface area contributed by atoms with Crippen molar-refractivity contribution in [2.24, 2.45) is 5.92 Å². The number of aryl methyl sites for hydroxylation is 1. The minimum absolute atomic E-state index is 0.0175. The van der Waals surface area contributed by atoms with E-state index in [1.165, 1.54) is 11.1 Å². The molecule has 0 saturated carbocycles. The quantitative estimate of drug-likeness (QED) is 0.569. The van der Waals surface area contributed by atoms with E-state index in [4.69, 9.17) is 4.98 Å². The van der Waals surface area contributed by atoms with Crippen molar-refractivity contribution in [2.45, 2.75) is 46.1 Å². The third kappa shape index (κ3) is 5.40. The molecule has 5 nitrogen and oxygen atoms in total. The van der Waals surface area contributed by atoms with E-state index in [9.17, 15) is 4.79 Å². The first-order valence-electron chi connectivity index (χ1n) is 11.5. The van der Waals surface area contributed by atoms with Crippen LogP contribution in [0.5, 0.6) is 0 Å². The van der Waals surface area contributed by atoms with Crippen molar-refractivity contribution in [3.05, 3.63) is 77.6 Å². The zero-order valence-electron chi connectivity index (χ0n) is 19.2. The molecule has 1 fully saturated rings. The lowest BCUT2D eigenvalue weighted by molar-refractivity contribution is -0.118. The van der Waals surface area contributed by atoms with E-state index in [0.717, 1.165) is 55.2 Å². The second kappa shape index (κ2) is 10.0. The van der Waals surface area contributed by atoms with Gasteiger partial charge in [-0.15, -0.1) is 0 Å². The maximum Gasteiger partial charge on any atom is 0.226 e. The number of benzene rings is 2. The Morgan fingerprint density at radius 1 is 1.09 bits per heavy atom. The lowest BCUT2D eigenvalue weighted by Gasteiger charge is -2.32. The summed E-state index contributed by atoms with van der Waals surface area (Å²) in [5.74, 6) is 1.36. The van der Waals surface area contributed by atoms with Gasteiger partial charge < -0.3 is 5.32 Å². The number of rotatable bonds is 6. The molecule has 0 atom stereocenters. The van der Waals surface area contributed by atoms with E-state index < -0.39 is 0 Å². The molecule has 1 aliphatic rings. The van der Waals surface area contributed by atoms with Gasteiger partial charge in [0.15, 0.2) is 5.82 Å². The number of carbonyl (C=O) groups excluding carboxylic acids is 1. The predicted molar refractivity (Wildman–Crippen MR) is 129 cm³/mol. The molecule has 0 bridgehead atoms. The molecule has 1 saturated heterocycles. The van der Waals surface area contributed by atoms with Gasteiger partial charge in [-0.1, -0.05) is 56.3 Å². The Balaban J connectivity index is 1.35. The van der Waals surface area contributed by atoms with Gasteiger partial charge in [-0.25, -0.2) is 9.97 Å². The average molecular weight is 429 g/mol. The summed E-state index contributed by atoms with van der Waals surface area (Å²) in [4.78, 5) is 23.9. The Morgan fingerprint density at radius 2 is 1.84 bits per heavy atom. The number of nitrogens with zero attached hydrogens (tertiary/aromatic N) is 3. The zero-order valence-corrected chi connectivity index (χ0v) is 19.2. The van der Waals surface area contributed by atoms with Gasteiger partial charge in [0.05, 0.1) is 0 Å². The third-order valence-electron chi connectivity index (χ3n) is 6.24. The topological polar surface area (TPSA) is 58.1 Å². The van der Waals surface area contributed by atoms with Gasteiger partial charge in [0.25, 0.3) is 0 Å². The van der Waals surface area contributed by atoms with Gasteiger partial charge >= 0.3 is 0 Å². The predicted octanol–water partition coefficient (Wildman–Crippen LogP) is 5.43. The molecule has 5 heteroatoms. The molecule has 166 valence electrons. The van der Waals surface area contributed by atoms with Crippen LogP contribution in [0.4, 0.5) is 5.69 Å². The number of amides is 1. The number of anilines is 1. The van der Waals surface area contributed by atoms with Crippen molar-refractivity contribution in [3.8, 4) is 11.4 Å². The Morgan fingerprint density at radius 3 is 2.53 bits per heavy atom. The van der Waals surface area contributed by atoms with Crippen molar-refractivity contribution < 1.29 is 4.79 Å². The number of aromatic nitrogens is 2. The second-order valence-electron chi connectivity index (χ2n) is 8.99. The van der Waals surface area contributed by atoms with Crippen molar-refractivity contribution in [1.29, 1.82) is 0 Å². The van der Waals surface area contributed by atoms with E-state index in [1.54, 1.807) is 0 Å². The van der Waals surface area contributed by atoms with Crippen molar-refractivity contribution in [2.75, 3.05) is 18.4 Å². The van der Waals surface area contributed by atoms with E-state index in [-0.39, 0.29) is 11.8 Å². The van der Waals surface area contributed by atoms with Crippen LogP contribution in [0.3, 0.4) is 0 Å². The van der Waals surface area contributed by atoms with E-state index in [2.05, 4.69) is 34.3 Å². The van der Waals surface area contributed by atoms with Crippen LogP contribution >= 0.6 is 0 Å². The summed E-state index contributed by atoms with van der Waals surface area (Å²) in [6, 6.07) is 18.5. The second-order valence-corrected chi connectivity index (χ2v) is 8.99. The summed E-state index contributed by atoms with van der Waals surface area (Å²) in [5, 5.41) is 3.02. The highest BCUT2D eigenvalue weighted by molar-refractivity contribution is 5.92. The smallest absolute Gasteiger partial charge is 0.226 e. The largest absolute Gasteiger partial charge is 0.326 e. The highest BCUT2D eigenvalue weighted by Crippen LogP contribution is 2.30. The summed E-state index contributed by atoms with van der Waals surface area (Å²) < 4.78 is 0. The van der Waals surface area contributed by atoms with Crippen molar-refractivity contribution in [3.63, 3.8) is 0 Å². The maximum absolute atomic E-state index is 12.0. The minimum Gasteiger partial charge on any atom is -0.326 e. The van der Waals surface area contributed by atoms with Crippen LogP contribution in [0, 0.1) is 12.8 Å². The minimum atomic E-state index is -0.0175. The molecule has 0 spiro atoms. The number of hydrogen-bond donors (Lipinski definition) is 1. The molecular formula is C27H32N4O. The van der Waals surface area contributed by atoms with Gasteiger partial charge in [0.2, 0.25) is 5.91 Å². The lowest BCUT2D eigenvalue weighted by Crippen LogP contribution is -2.32. The van der Waals surface area contributed by atoms with E-state index >= 15 is 0 Å². The number of hydrogen-bond acceptors (Lipinski definition) is 4. The molecule has 3 aromatic rings. The van der Waals surface area contributed by atoms with Crippen LogP contribution in [-0.2, 0) is 11.3 Å². The van der Waals surface area contributed by atoms with Gasteiger partial charge in [-0.05, 0) is 56.5 Å². The van der Waals surface area contributed by atoms with Crippen LogP contribution in [0.1, 0.15) is 49.4 Å². The summed E-state index contributed by atoms with van der Waals surface area (Å²) in [5.41, 5.74) is 5.51. The molecule has 1 aliphatic heterocycles. The standard InChI is InChI=1S/C27H32N4O/c1-19(2)27(32)30-25-11-7-10-23(16-25)21-12-14-31(15-13-21)18-24-17-28-26(29-20(24)3)22-8-5-4-6-9-22/h4-11,16-17,19,21H,12-15,18H2,1-3H3,(H,30,32). The average Bonchev–Trinajstić information content (AvgIpc) is 2.81. The SMILES string of the molecule is Cc1nc(-c2ccccc2)ncc1CN1CCC(c2cccc(NC(=O)C(C)C)c2)CC1. The van der Waals surface area contributed by atoms with Crippen LogP contribution in [0.15, 0.2) is 60.8 Å². The summed E-state index contributed by atoms with van der Waals surface area (Å²) >= 11 is 0. The Labute approximate surface area is 190 Å². The normalized spacial score (nSPS) is 15.1. The molecule has 1 amide bonds. The van der Waals surface area contributed by atoms with E-state index in [0.29, 0.717) is 5.92 Å². The van der Waals surface area contributed by atoms with Gasteiger partial charge in [0.1, 0.15) is 0 Å². The Bertz CT molecular complexity index is 1060. The molecular weight excluding hydrogens is 396 g/mol. The first-order valence-corrected chi connectivity index (χ1v) is 11.5.